The molecule has 4 rings (SSSR count). The minimum Gasteiger partial charge on any atom is -0.507 e. The molecule has 0 bridgehead atoms. The molecule has 2 aromatic heterocycles. The van der Waals surface area contributed by atoms with Gasteiger partial charge in [0.05, 0.1) is 17.6 Å². The summed E-state index contributed by atoms with van der Waals surface area (Å²) < 4.78 is 6.21. The quantitative estimate of drug-likeness (QED) is 0.570. The second-order valence-corrected chi connectivity index (χ2v) is 7.31. The van der Waals surface area contributed by atoms with Crippen LogP contribution < -0.4 is 10.6 Å². The van der Waals surface area contributed by atoms with Gasteiger partial charge in [0.2, 0.25) is 5.76 Å². The molecule has 1 aromatic carbocycles. The molecule has 1 aliphatic carbocycles. The average molecular weight is 395 g/mol. The molecule has 0 aliphatic heterocycles. The van der Waals surface area contributed by atoms with E-state index in [-0.39, 0.29) is 29.5 Å². The summed E-state index contributed by atoms with van der Waals surface area (Å²) in [5, 5.41) is 23.8. The Kier molecular flexibility index (Phi) is 4.79. The number of carbonyl (C=O) groups excluding carboxylic acids is 2. The van der Waals surface area contributed by atoms with Crippen molar-refractivity contribution in [1.82, 2.24) is 20.3 Å². The lowest BCUT2D eigenvalue weighted by Gasteiger charge is -2.10. The Balaban J connectivity index is 1.65. The van der Waals surface area contributed by atoms with Crippen LogP contribution >= 0.6 is 0 Å². The fraction of sp³-hybridized carbons (Fsp3) is 0.300. The number of aromatic hydroxyl groups is 1. The van der Waals surface area contributed by atoms with Gasteiger partial charge in [-0.1, -0.05) is 5.16 Å². The molecule has 0 unspecified atom stereocenters. The number of aromatic nitrogens is 3. The fourth-order valence-corrected chi connectivity index (χ4v) is 3.01. The van der Waals surface area contributed by atoms with Crippen LogP contribution in [0.25, 0.3) is 11.3 Å². The number of phenols is 1. The Morgan fingerprint density at radius 2 is 2.03 bits per heavy atom. The van der Waals surface area contributed by atoms with Gasteiger partial charge in [0.25, 0.3) is 5.91 Å². The van der Waals surface area contributed by atoms with E-state index in [9.17, 15) is 14.7 Å². The van der Waals surface area contributed by atoms with Crippen molar-refractivity contribution in [1.29, 1.82) is 0 Å². The van der Waals surface area contributed by atoms with Crippen LogP contribution in [0.5, 0.6) is 5.75 Å². The largest absolute Gasteiger partial charge is 0.507 e. The van der Waals surface area contributed by atoms with E-state index in [1.54, 1.807) is 12.1 Å². The van der Waals surface area contributed by atoms with Gasteiger partial charge >= 0.3 is 6.03 Å². The topological polar surface area (TPSA) is 122 Å². The standard InChI is InChI=1S/C20H21N5O4/c1-11(2)22-20(28)25-16(12-3-4-12)10-15(24-25)14-9-13(5-6-17(14)26)23-19(27)18-7-8-21-29-18/h5-12,26H,3-4H2,1-2H3,(H,22,28)(H,23,27). The highest BCUT2D eigenvalue weighted by Gasteiger charge is 2.31. The molecule has 0 saturated heterocycles. The van der Waals surface area contributed by atoms with Crippen LogP contribution in [-0.2, 0) is 0 Å². The van der Waals surface area contributed by atoms with Crippen molar-refractivity contribution in [2.75, 3.05) is 5.32 Å². The van der Waals surface area contributed by atoms with Gasteiger partial charge in [-0.05, 0) is 51.0 Å². The molecule has 9 heteroatoms. The second-order valence-electron chi connectivity index (χ2n) is 7.31. The molecule has 0 spiro atoms. The van der Waals surface area contributed by atoms with Crippen molar-refractivity contribution in [2.45, 2.75) is 38.6 Å². The van der Waals surface area contributed by atoms with E-state index in [2.05, 4.69) is 20.9 Å². The first-order valence-corrected chi connectivity index (χ1v) is 9.38. The van der Waals surface area contributed by atoms with E-state index < -0.39 is 5.91 Å². The lowest BCUT2D eigenvalue weighted by Crippen LogP contribution is -2.35. The smallest absolute Gasteiger partial charge is 0.342 e. The number of amides is 2. The van der Waals surface area contributed by atoms with E-state index in [0.717, 1.165) is 18.5 Å². The van der Waals surface area contributed by atoms with Gasteiger partial charge in [0.1, 0.15) is 5.75 Å². The van der Waals surface area contributed by atoms with Crippen LogP contribution in [0.2, 0.25) is 0 Å². The summed E-state index contributed by atoms with van der Waals surface area (Å²) in [5.41, 5.74) is 2.14. The van der Waals surface area contributed by atoms with Gasteiger partial charge in [-0.15, -0.1) is 0 Å². The fourth-order valence-electron chi connectivity index (χ4n) is 3.01. The molecular formula is C20H21N5O4. The molecule has 1 saturated carbocycles. The van der Waals surface area contributed by atoms with Crippen LogP contribution in [0.1, 0.15) is 48.9 Å². The van der Waals surface area contributed by atoms with E-state index in [4.69, 9.17) is 4.52 Å². The van der Waals surface area contributed by atoms with Crippen LogP contribution in [0.15, 0.2) is 41.1 Å². The number of nitrogens with one attached hydrogen (secondary N) is 2. The number of anilines is 1. The van der Waals surface area contributed by atoms with Gasteiger partial charge in [0.15, 0.2) is 0 Å². The summed E-state index contributed by atoms with van der Waals surface area (Å²) in [7, 11) is 0. The molecule has 150 valence electrons. The van der Waals surface area contributed by atoms with Gasteiger partial charge < -0.3 is 20.3 Å². The van der Waals surface area contributed by atoms with Crippen molar-refractivity contribution >= 4 is 17.6 Å². The van der Waals surface area contributed by atoms with Crippen LogP contribution in [0.4, 0.5) is 10.5 Å². The van der Waals surface area contributed by atoms with Crippen LogP contribution in [0.3, 0.4) is 0 Å². The van der Waals surface area contributed by atoms with Gasteiger partial charge in [0, 0.05) is 29.3 Å². The molecule has 3 aromatic rings. The highest BCUT2D eigenvalue weighted by atomic mass is 16.5. The molecule has 2 heterocycles. The highest BCUT2D eigenvalue weighted by Crippen LogP contribution is 2.42. The number of benzene rings is 1. The van der Waals surface area contributed by atoms with E-state index in [0.29, 0.717) is 16.9 Å². The molecule has 1 aliphatic rings. The van der Waals surface area contributed by atoms with E-state index >= 15 is 0 Å². The first-order chi connectivity index (χ1) is 13.9. The zero-order valence-corrected chi connectivity index (χ0v) is 16.0. The summed E-state index contributed by atoms with van der Waals surface area (Å²) in [6.07, 6.45) is 3.38. The minimum atomic E-state index is -0.459. The summed E-state index contributed by atoms with van der Waals surface area (Å²) in [6.45, 7) is 3.76. The van der Waals surface area contributed by atoms with E-state index in [1.165, 1.54) is 23.0 Å². The van der Waals surface area contributed by atoms with Crippen molar-refractivity contribution in [3.05, 3.63) is 48.0 Å². The van der Waals surface area contributed by atoms with Crippen molar-refractivity contribution in [2.24, 2.45) is 0 Å². The van der Waals surface area contributed by atoms with Crippen LogP contribution in [-0.4, -0.2) is 38.0 Å². The molecule has 9 nitrogen and oxygen atoms in total. The average Bonchev–Trinajstić information content (AvgIpc) is 3.19. The molecule has 29 heavy (non-hydrogen) atoms. The normalized spacial score (nSPS) is 13.5. The van der Waals surface area contributed by atoms with Gasteiger partial charge in [-0.25, -0.2) is 4.79 Å². The molecule has 0 radical (unpaired) electrons. The molecule has 0 atom stereocenters. The van der Waals surface area contributed by atoms with Gasteiger partial charge in [-0.3, -0.25) is 4.79 Å². The highest BCUT2D eigenvalue weighted by molar-refractivity contribution is 6.02. The number of carbonyl (C=O) groups is 2. The maximum absolute atomic E-state index is 12.5. The van der Waals surface area contributed by atoms with Gasteiger partial charge in [-0.2, -0.15) is 9.78 Å². The third kappa shape index (κ3) is 3.98. The number of rotatable bonds is 5. The number of hydrogen-bond acceptors (Lipinski definition) is 6. The Morgan fingerprint density at radius 3 is 2.69 bits per heavy atom. The Labute approximate surface area is 166 Å². The zero-order chi connectivity index (χ0) is 20.5. The summed E-state index contributed by atoms with van der Waals surface area (Å²) in [5.74, 6) is -0.102. The Bertz CT molecular complexity index is 1050. The summed E-state index contributed by atoms with van der Waals surface area (Å²) in [6, 6.07) is 7.58. The monoisotopic (exact) mass is 395 g/mol. The Morgan fingerprint density at radius 1 is 1.24 bits per heavy atom. The maximum Gasteiger partial charge on any atom is 0.342 e. The number of nitrogens with zero attached hydrogens (tertiary/aromatic N) is 3. The SMILES string of the molecule is CC(C)NC(=O)n1nc(-c2cc(NC(=O)c3ccno3)ccc2O)cc1C1CC1. The number of phenolic OH excluding ortho intramolecular Hbond substituents is 1. The number of hydrogen-bond donors (Lipinski definition) is 3. The lowest BCUT2D eigenvalue weighted by atomic mass is 10.1. The van der Waals surface area contributed by atoms with E-state index in [1.807, 2.05) is 19.9 Å². The third-order valence-electron chi connectivity index (χ3n) is 4.53. The summed E-state index contributed by atoms with van der Waals surface area (Å²) in [4.78, 5) is 24.7. The molecule has 3 N–H and O–H groups in total. The predicted molar refractivity (Wildman–Crippen MR) is 105 cm³/mol. The first kappa shape index (κ1) is 18.7. The first-order valence-electron chi connectivity index (χ1n) is 9.38. The van der Waals surface area contributed by atoms with Crippen molar-refractivity contribution < 1.29 is 19.2 Å². The Hall–Kier alpha value is -3.62. The predicted octanol–water partition coefficient (Wildman–Crippen LogP) is 3.34. The zero-order valence-electron chi connectivity index (χ0n) is 16.0. The lowest BCUT2D eigenvalue weighted by molar-refractivity contribution is 0.0988. The van der Waals surface area contributed by atoms with Crippen molar-refractivity contribution in [3.8, 4) is 17.0 Å². The molecule has 2 amide bonds. The maximum atomic E-state index is 12.5. The minimum absolute atomic E-state index is 0.000992. The summed E-state index contributed by atoms with van der Waals surface area (Å²) >= 11 is 0. The van der Waals surface area contributed by atoms with Crippen molar-refractivity contribution in [3.63, 3.8) is 0 Å². The second kappa shape index (κ2) is 7.42. The molecule has 1 fully saturated rings. The third-order valence-corrected chi connectivity index (χ3v) is 4.53. The van der Waals surface area contributed by atoms with Crippen LogP contribution in [0, 0.1) is 0 Å². The molecular weight excluding hydrogens is 374 g/mol.